The maximum Gasteiger partial charge on any atom is 0.303 e. The smallest absolute Gasteiger partial charge is 0.303 e. The van der Waals surface area contributed by atoms with Gasteiger partial charge in [-0.2, -0.15) is 0 Å². The van der Waals surface area contributed by atoms with Gasteiger partial charge in [0.15, 0.2) is 0 Å². The van der Waals surface area contributed by atoms with Gasteiger partial charge >= 0.3 is 17.9 Å². The Kier molecular flexibility index (Phi) is 16.3. The summed E-state index contributed by atoms with van der Waals surface area (Å²) >= 11 is 0. The molecule has 0 saturated carbocycles. The monoisotopic (exact) mass is 416 g/mol. The summed E-state index contributed by atoms with van der Waals surface area (Å²) in [6.07, 6.45) is 11.5. The fourth-order valence-electron chi connectivity index (χ4n) is 3.95. The molecule has 0 radical (unpaired) electrons. The molecular weight excluding hydrogens is 374 g/mol. The van der Waals surface area contributed by atoms with E-state index in [1.807, 2.05) is 0 Å². The molecule has 0 aromatic carbocycles. The third-order valence-electron chi connectivity index (χ3n) is 5.56. The quantitative estimate of drug-likeness (QED) is 0.187. The molecule has 0 heterocycles. The molecule has 170 valence electrons. The Morgan fingerprint density at radius 1 is 0.517 bits per heavy atom. The summed E-state index contributed by atoms with van der Waals surface area (Å²) in [5.41, 5.74) is 0. The van der Waals surface area contributed by atoms with Crippen molar-refractivity contribution in [2.24, 2.45) is 0 Å². The van der Waals surface area contributed by atoms with Gasteiger partial charge < -0.3 is 19.8 Å². The second kappa shape index (κ2) is 17.2. The Morgan fingerprint density at radius 2 is 0.828 bits per heavy atom. The van der Waals surface area contributed by atoms with E-state index in [0.29, 0.717) is 43.4 Å². The normalized spacial score (nSPS) is 11.5. The van der Waals surface area contributed by atoms with E-state index in [2.05, 4.69) is 6.92 Å². The molecule has 0 atom stereocenters. The fourth-order valence-corrected chi connectivity index (χ4v) is 3.95. The van der Waals surface area contributed by atoms with E-state index in [1.54, 1.807) is 0 Å². The van der Waals surface area contributed by atoms with Crippen molar-refractivity contribution in [2.75, 3.05) is 26.2 Å². The van der Waals surface area contributed by atoms with Crippen LogP contribution in [0.1, 0.15) is 96.8 Å². The first kappa shape index (κ1) is 27.4. The highest BCUT2D eigenvalue weighted by atomic mass is 16.4. The van der Waals surface area contributed by atoms with Crippen LogP contribution in [0.5, 0.6) is 0 Å². The average molecular weight is 417 g/mol. The zero-order valence-electron chi connectivity index (χ0n) is 18.2. The molecule has 7 nitrogen and oxygen atoms in total. The van der Waals surface area contributed by atoms with Crippen LogP contribution < -0.4 is 0 Å². The largest absolute Gasteiger partial charge is 0.481 e. The van der Waals surface area contributed by atoms with Crippen molar-refractivity contribution in [1.82, 2.24) is 0 Å². The SMILES string of the molecule is CCCCCCCCCC[N+](CCCC(=O)O)(CCCC(=O)O)CCCC(=O)O. The van der Waals surface area contributed by atoms with Crippen LogP contribution in [0.4, 0.5) is 0 Å². The molecule has 0 amide bonds. The number of nitrogens with zero attached hydrogens (tertiary/aromatic N) is 1. The van der Waals surface area contributed by atoms with Gasteiger partial charge in [-0.3, -0.25) is 14.4 Å². The number of hydrogen-bond donors (Lipinski definition) is 3. The molecule has 29 heavy (non-hydrogen) atoms. The van der Waals surface area contributed by atoms with E-state index < -0.39 is 17.9 Å². The molecule has 0 saturated heterocycles. The zero-order chi connectivity index (χ0) is 22.0. The minimum atomic E-state index is -0.828. The van der Waals surface area contributed by atoms with E-state index in [-0.39, 0.29) is 19.3 Å². The predicted octanol–water partition coefficient (Wildman–Crippen LogP) is 4.54. The molecule has 0 fully saturated rings. The van der Waals surface area contributed by atoms with Gasteiger partial charge in [-0.25, -0.2) is 0 Å². The maximum absolute atomic E-state index is 10.9. The van der Waals surface area contributed by atoms with Crippen LogP contribution in [-0.2, 0) is 14.4 Å². The number of carboxylic acid groups (broad SMARTS) is 3. The number of quaternary nitrogens is 1. The summed E-state index contributed by atoms with van der Waals surface area (Å²) in [6, 6.07) is 0. The van der Waals surface area contributed by atoms with Crippen LogP contribution >= 0.6 is 0 Å². The molecule has 0 rings (SSSR count). The molecule has 0 aliphatic rings. The summed E-state index contributed by atoms with van der Waals surface area (Å²) in [6.45, 7) is 5.08. The van der Waals surface area contributed by atoms with Crippen molar-refractivity contribution in [3.8, 4) is 0 Å². The lowest BCUT2D eigenvalue weighted by atomic mass is 10.1. The van der Waals surface area contributed by atoms with Gasteiger partial charge in [0.1, 0.15) is 0 Å². The van der Waals surface area contributed by atoms with Crippen molar-refractivity contribution in [3.05, 3.63) is 0 Å². The lowest BCUT2D eigenvalue weighted by molar-refractivity contribution is -0.929. The molecule has 7 heteroatoms. The third kappa shape index (κ3) is 17.0. The van der Waals surface area contributed by atoms with Crippen LogP contribution in [-0.4, -0.2) is 63.9 Å². The second-order valence-electron chi connectivity index (χ2n) is 8.20. The van der Waals surface area contributed by atoms with Crippen LogP contribution in [0.25, 0.3) is 0 Å². The third-order valence-corrected chi connectivity index (χ3v) is 5.56. The first-order valence-electron chi connectivity index (χ1n) is 11.3. The Hall–Kier alpha value is -1.63. The van der Waals surface area contributed by atoms with E-state index in [4.69, 9.17) is 15.3 Å². The second-order valence-corrected chi connectivity index (χ2v) is 8.20. The van der Waals surface area contributed by atoms with Crippen LogP contribution in [0.3, 0.4) is 0 Å². The van der Waals surface area contributed by atoms with Gasteiger partial charge in [0.2, 0.25) is 0 Å². The van der Waals surface area contributed by atoms with Crippen molar-refractivity contribution in [3.63, 3.8) is 0 Å². The van der Waals surface area contributed by atoms with Crippen molar-refractivity contribution < 1.29 is 34.2 Å². The lowest BCUT2D eigenvalue weighted by Crippen LogP contribution is -2.51. The van der Waals surface area contributed by atoms with Crippen molar-refractivity contribution >= 4 is 17.9 Å². The maximum atomic E-state index is 10.9. The van der Waals surface area contributed by atoms with Crippen molar-refractivity contribution in [2.45, 2.75) is 96.8 Å². The molecule has 0 aromatic heterocycles. The van der Waals surface area contributed by atoms with Crippen molar-refractivity contribution in [1.29, 1.82) is 0 Å². The van der Waals surface area contributed by atoms with Gasteiger partial charge in [-0.15, -0.1) is 0 Å². The van der Waals surface area contributed by atoms with Crippen LogP contribution in [0.2, 0.25) is 0 Å². The summed E-state index contributed by atoms with van der Waals surface area (Å²) in [5, 5.41) is 26.9. The molecule has 0 aliphatic carbocycles. The minimum absolute atomic E-state index is 0.0925. The zero-order valence-corrected chi connectivity index (χ0v) is 18.2. The van der Waals surface area contributed by atoms with E-state index in [0.717, 1.165) is 19.4 Å². The minimum Gasteiger partial charge on any atom is -0.481 e. The molecule has 0 spiro atoms. The van der Waals surface area contributed by atoms with E-state index >= 15 is 0 Å². The number of rotatable bonds is 21. The van der Waals surface area contributed by atoms with E-state index in [9.17, 15) is 14.4 Å². The van der Waals surface area contributed by atoms with Crippen LogP contribution in [0, 0.1) is 0 Å². The lowest BCUT2D eigenvalue weighted by Gasteiger charge is -2.39. The highest BCUT2D eigenvalue weighted by Gasteiger charge is 2.27. The number of carbonyl (C=O) groups is 3. The number of hydrogen-bond acceptors (Lipinski definition) is 3. The number of aliphatic carboxylic acids is 3. The first-order valence-corrected chi connectivity index (χ1v) is 11.3. The van der Waals surface area contributed by atoms with Gasteiger partial charge in [0, 0.05) is 19.3 Å². The average Bonchev–Trinajstić information content (AvgIpc) is 2.63. The summed E-state index contributed by atoms with van der Waals surface area (Å²) < 4.78 is 0.643. The number of unbranched alkanes of at least 4 members (excludes halogenated alkanes) is 7. The topological polar surface area (TPSA) is 112 Å². The molecule has 0 bridgehead atoms. The highest BCUT2D eigenvalue weighted by Crippen LogP contribution is 2.18. The van der Waals surface area contributed by atoms with E-state index in [1.165, 1.54) is 38.5 Å². The van der Waals surface area contributed by atoms with Gasteiger partial charge in [0.05, 0.1) is 45.4 Å². The Labute approximate surface area is 175 Å². The van der Waals surface area contributed by atoms with Gasteiger partial charge in [0.25, 0.3) is 0 Å². The molecule has 0 aliphatic heterocycles. The summed E-state index contributed by atoms with van der Waals surface area (Å²) in [7, 11) is 0. The Balaban J connectivity index is 4.73. The summed E-state index contributed by atoms with van der Waals surface area (Å²) in [4.78, 5) is 32.8. The highest BCUT2D eigenvalue weighted by molar-refractivity contribution is 5.67. The van der Waals surface area contributed by atoms with Crippen LogP contribution in [0.15, 0.2) is 0 Å². The standard InChI is InChI=1S/C22H41NO6/c1-2-3-4-5-6-7-8-9-16-23(17-10-13-20(24)25,18-11-14-21(26)27)19-12-15-22(28)29/h2-19H2,1H3,(H2-,24,25,26,27,28,29)/p+1. The predicted molar refractivity (Wildman–Crippen MR) is 113 cm³/mol. The molecular formula is C22H42NO6+. The molecule has 0 aromatic rings. The van der Waals surface area contributed by atoms with Gasteiger partial charge in [-0.05, 0) is 12.8 Å². The molecule has 3 N–H and O–H groups in total. The molecule has 0 unspecified atom stereocenters. The first-order chi connectivity index (χ1) is 13.8. The fraction of sp³-hybridized carbons (Fsp3) is 0.864. The van der Waals surface area contributed by atoms with Gasteiger partial charge in [-0.1, -0.05) is 45.4 Å². The summed E-state index contributed by atoms with van der Waals surface area (Å²) in [5.74, 6) is -2.48. The Bertz CT molecular complexity index is 416. The number of carboxylic acids is 3. The Morgan fingerprint density at radius 3 is 1.17 bits per heavy atom.